The quantitative estimate of drug-likeness (QED) is 0.244. The molecule has 0 saturated heterocycles. The molecule has 0 radical (unpaired) electrons. The van der Waals surface area contributed by atoms with Crippen LogP contribution in [0.4, 0.5) is 0 Å². The van der Waals surface area contributed by atoms with Crippen molar-refractivity contribution in [3.8, 4) is 5.75 Å². The Morgan fingerprint density at radius 3 is 2.15 bits per heavy atom. The fourth-order valence-corrected chi connectivity index (χ4v) is 4.13. The van der Waals surface area contributed by atoms with E-state index in [4.69, 9.17) is 18.0 Å². The number of para-hydroxylation sites is 1. The molecule has 1 rings (SSSR count). The number of nitrogens with one attached hydrogen (secondary N) is 1. The summed E-state index contributed by atoms with van der Waals surface area (Å²) in [5.74, 6) is 0.232. The van der Waals surface area contributed by atoms with E-state index in [-0.39, 0.29) is 11.9 Å². The molecule has 26 heavy (non-hydrogen) atoms. The molecule has 0 bridgehead atoms. The van der Waals surface area contributed by atoms with E-state index in [1.165, 1.54) is 0 Å². The molecule has 0 saturated carbocycles. The van der Waals surface area contributed by atoms with Crippen LogP contribution in [0, 0.1) is 0 Å². The minimum atomic E-state index is -2.57. The lowest BCUT2D eigenvalue weighted by Crippen LogP contribution is -2.43. The van der Waals surface area contributed by atoms with Gasteiger partial charge in [-0.15, -0.1) is 0 Å². The number of benzene rings is 1. The lowest BCUT2D eigenvalue weighted by atomic mass is 10.2. The highest BCUT2D eigenvalue weighted by Crippen LogP contribution is 2.14. The zero-order chi connectivity index (χ0) is 19.3. The predicted molar refractivity (Wildman–Crippen MR) is 99.8 cm³/mol. The van der Waals surface area contributed by atoms with Crippen LogP contribution in [0.2, 0.25) is 6.04 Å². The van der Waals surface area contributed by atoms with E-state index in [0.717, 1.165) is 6.42 Å². The maximum Gasteiger partial charge on any atom is 0.311 e. The van der Waals surface area contributed by atoms with Gasteiger partial charge in [-0.2, -0.15) is 0 Å². The van der Waals surface area contributed by atoms with Crippen LogP contribution in [0.25, 0.3) is 0 Å². The summed E-state index contributed by atoms with van der Waals surface area (Å²) in [6.07, 6.45) is 2.66. The summed E-state index contributed by atoms with van der Waals surface area (Å²) in [7, 11) is 2.14. The number of hydrogen-bond donors (Lipinski definition) is 1. The van der Waals surface area contributed by atoms with Crippen LogP contribution in [-0.2, 0) is 22.9 Å². The van der Waals surface area contributed by atoms with E-state index in [0.29, 0.717) is 44.0 Å². The lowest BCUT2D eigenvalue weighted by Gasteiger charge is -2.38. The van der Waals surface area contributed by atoms with Crippen molar-refractivity contribution in [2.24, 2.45) is 0 Å². The molecule has 7 nitrogen and oxygen atoms in total. The third-order valence-corrected chi connectivity index (χ3v) is 6.76. The number of hydrogen-bond acceptors (Lipinski definition) is 6. The number of esters is 1. The van der Waals surface area contributed by atoms with Gasteiger partial charge >= 0.3 is 5.97 Å². The number of rotatable bonds is 13. The fourth-order valence-electron chi connectivity index (χ4n) is 2.40. The highest BCUT2D eigenvalue weighted by atomic mass is 28.4. The van der Waals surface area contributed by atoms with E-state index in [9.17, 15) is 9.59 Å². The fraction of sp³-hybridized carbons (Fsp3) is 0.556. The first kappa shape index (κ1) is 22.3. The SMILES string of the molecule is CO[Si-](CCCNC(=O)CCCCC(=O)Oc1ccccc1)(OC)OC. The normalized spacial score (nSPS) is 11.2. The van der Waals surface area contributed by atoms with Crippen LogP contribution in [0.3, 0.4) is 0 Å². The van der Waals surface area contributed by atoms with E-state index >= 15 is 0 Å². The molecule has 0 fully saturated rings. The van der Waals surface area contributed by atoms with Gasteiger partial charge in [-0.05, 0) is 46.3 Å². The Morgan fingerprint density at radius 2 is 1.54 bits per heavy atom. The Balaban J connectivity index is 2.09. The van der Waals surface area contributed by atoms with Crippen LogP contribution in [0.1, 0.15) is 32.1 Å². The van der Waals surface area contributed by atoms with Gasteiger partial charge in [-0.25, -0.2) is 0 Å². The standard InChI is InChI=1S/C18H29NO6Si/c1-22-26(23-2,24-3)15-9-14-19-17(20)12-7-8-13-18(21)25-16-10-5-4-6-11-16/h4-6,10-11H,7-9,12-15H2,1-3H3,(H,19,20)/q-1. The third-order valence-electron chi connectivity index (χ3n) is 3.92. The molecule has 1 aromatic rings. The van der Waals surface area contributed by atoms with Crippen molar-refractivity contribution in [3.05, 3.63) is 30.3 Å². The minimum absolute atomic E-state index is 0.0269. The van der Waals surface area contributed by atoms with Gasteiger partial charge in [0.25, 0.3) is 8.80 Å². The molecule has 0 spiro atoms. The molecule has 1 N–H and O–H groups in total. The van der Waals surface area contributed by atoms with Crippen LogP contribution < -0.4 is 10.1 Å². The Morgan fingerprint density at radius 1 is 0.923 bits per heavy atom. The number of amides is 1. The Labute approximate surface area is 156 Å². The molecular weight excluding hydrogens is 354 g/mol. The van der Waals surface area contributed by atoms with Crippen LogP contribution >= 0.6 is 0 Å². The molecule has 0 atom stereocenters. The maximum absolute atomic E-state index is 11.8. The molecule has 0 aliphatic heterocycles. The third kappa shape index (κ3) is 8.57. The van der Waals surface area contributed by atoms with Crippen molar-refractivity contribution >= 4 is 20.7 Å². The van der Waals surface area contributed by atoms with Crippen molar-refractivity contribution in [1.82, 2.24) is 5.32 Å². The summed E-state index contributed by atoms with van der Waals surface area (Å²) < 4.78 is 21.2. The molecule has 1 amide bonds. The van der Waals surface area contributed by atoms with E-state index in [2.05, 4.69) is 5.32 Å². The molecule has 0 unspecified atom stereocenters. The minimum Gasteiger partial charge on any atom is -0.527 e. The number of unbranched alkanes of at least 4 members (excludes halogenated alkanes) is 1. The first-order chi connectivity index (χ1) is 12.5. The predicted octanol–water partition coefficient (Wildman–Crippen LogP) is 2.54. The largest absolute Gasteiger partial charge is 0.527 e. The van der Waals surface area contributed by atoms with Crippen LogP contribution in [0.15, 0.2) is 30.3 Å². The smallest absolute Gasteiger partial charge is 0.311 e. The van der Waals surface area contributed by atoms with Gasteiger partial charge in [-0.1, -0.05) is 30.7 Å². The summed E-state index contributed by atoms with van der Waals surface area (Å²) >= 11 is 0. The second-order valence-electron chi connectivity index (χ2n) is 5.74. The van der Waals surface area contributed by atoms with Gasteiger partial charge in [0.2, 0.25) is 5.91 Å². The zero-order valence-electron chi connectivity index (χ0n) is 15.8. The molecule has 0 heterocycles. The lowest BCUT2D eigenvalue weighted by molar-refractivity contribution is -0.134. The van der Waals surface area contributed by atoms with Gasteiger partial charge in [0.15, 0.2) is 0 Å². The summed E-state index contributed by atoms with van der Waals surface area (Å²) in [6.45, 7) is 0.541. The molecule has 8 heteroatoms. The van der Waals surface area contributed by atoms with Crippen LogP contribution in [-0.4, -0.2) is 48.6 Å². The molecule has 0 aromatic heterocycles. The number of ether oxygens (including phenoxy) is 1. The first-order valence-corrected chi connectivity index (χ1v) is 10.7. The molecule has 0 aliphatic rings. The maximum atomic E-state index is 11.8. The van der Waals surface area contributed by atoms with Crippen molar-refractivity contribution in [2.75, 3.05) is 27.9 Å². The highest BCUT2D eigenvalue weighted by Gasteiger charge is 2.21. The van der Waals surface area contributed by atoms with Crippen molar-refractivity contribution in [1.29, 1.82) is 0 Å². The summed E-state index contributed by atoms with van der Waals surface area (Å²) in [4.78, 5) is 23.5. The molecule has 0 aliphatic carbocycles. The average molecular weight is 384 g/mol. The summed E-state index contributed by atoms with van der Waals surface area (Å²) in [5, 5.41) is 2.86. The molecule has 1 aromatic carbocycles. The average Bonchev–Trinajstić information content (AvgIpc) is 2.67. The first-order valence-electron chi connectivity index (χ1n) is 8.73. The second-order valence-corrected chi connectivity index (χ2v) is 8.83. The van der Waals surface area contributed by atoms with Crippen LogP contribution in [0.5, 0.6) is 5.75 Å². The molecule has 147 valence electrons. The van der Waals surface area contributed by atoms with E-state index in [1.54, 1.807) is 33.5 Å². The highest BCUT2D eigenvalue weighted by molar-refractivity contribution is 6.60. The Bertz CT molecular complexity index is 527. The zero-order valence-corrected chi connectivity index (χ0v) is 16.8. The van der Waals surface area contributed by atoms with E-state index in [1.807, 2.05) is 18.2 Å². The number of carbonyl (C=O) groups excluding carboxylic acids is 2. The van der Waals surface area contributed by atoms with Gasteiger partial charge in [0.05, 0.1) is 0 Å². The van der Waals surface area contributed by atoms with Gasteiger partial charge < -0.3 is 23.3 Å². The van der Waals surface area contributed by atoms with Crippen molar-refractivity contribution < 1.29 is 27.6 Å². The number of carbonyl (C=O) groups is 2. The van der Waals surface area contributed by atoms with Gasteiger partial charge in [0.1, 0.15) is 5.75 Å². The topological polar surface area (TPSA) is 83.1 Å². The van der Waals surface area contributed by atoms with Gasteiger partial charge in [0, 0.05) is 19.4 Å². The van der Waals surface area contributed by atoms with Crippen molar-refractivity contribution in [3.63, 3.8) is 0 Å². The monoisotopic (exact) mass is 383 g/mol. The molecular formula is C18H29NO6Si-. The Hall–Kier alpha value is -1.74. The summed E-state index contributed by atoms with van der Waals surface area (Å²) in [6, 6.07) is 9.59. The van der Waals surface area contributed by atoms with Crippen molar-refractivity contribution in [2.45, 2.75) is 38.1 Å². The van der Waals surface area contributed by atoms with Gasteiger partial charge in [-0.3, -0.25) is 9.59 Å². The summed E-state index contributed by atoms with van der Waals surface area (Å²) in [5.41, 5.74) is 0. The second kappa shape index (κ2) is 12.6. The Kier molecular flexibility index (Phi) is 10.8. The van der Waals surface area contributed by atoms with E-state index < -0.39 is 8.80 Å².